The van der Waals surface area contributed by atoms with Crippen LogP contribution < -0.4 is 5.73 Å². The second kappa shape index (κ2) is 4.55. The highest BCUT2D eigenvalue weighted by molar-refractivity contribution is 5.86. The maximum Gasteiger partial charge on any atom is 0.243 e. The fourth-order valence-electron chi connectivity index (χ4n) is 2.38. The molecule has 3 atom stereocenters. The molecule has 5 nitrogen and oxygen atoms in total. The van der Waals surface area contributed by atoms with Gasteiger partial charge >= 0.3 is 0 Å². The van der Waals surface area contributed by atoms with E-state index >= 15 is 0 Å². The number of aliphatic hydroxyl groups excluding tert-OH is 1. The summed E-state index contributed by atoms with van der Waals surface area (Å²) in [6.45, 7) is 4.63. The van der Waals surface area contributed by atoms with Crippen molar-refractivity contribution in [3.8, 4) is 0 Å². The average Bonchev–Trinajstić information content (AvgIpc) is 3.13. The molecule has 0 radical (unpaired) electrons. The van der Waals surface area contributed by atoms with Crippen molar-refractivity contribution >= 4 is 5.91 Å². The lowest BCUT2D eigenvalue weighted by Crippen LogP contribution is -2.61. The van der Waals surface area contributed by atoms with Gasteiger partial charge in [-0.25, -0.2) is 0 Å². The Morgan fingerprint density at radius 2 is 2.24 bits per heavy atom. The summed E-state index contributed by atoms with van der Waals surface area (Å²) in [7, 11) is 0. The average molecular weight is 242 g/mol. The zero-order valence-electron chi connectivity index (χ0n) is 10.6. The largest absolute Gasteiger partial charge is 0.394 e. The molecule has 5 heteroatoms. The Labute approximate surface area is 102 Å². The fraction of sp³-hybridized carbons (Fsp3) is 0.917. The highest BCUT2D eigenvalue weighted by Crippen LogP contribution is 2.39. The van der Waals surface area contributed by atoms with Gasteiger partial charge in [-0.3, -0.25) is 4.79 Å². The van der Waals surface area contributed by atoms with Crippen LogP contribution in [0.3, 0.4) is 0 Å². The second-order valence-electron chi connectivity index (χ2n) is 5.50. The minimum Gasteiger partial charge on any atom is -0.394 e. The van der Waals surface area contributed by atoms with Gasteiger partial charge in [-0.2, -0.15) is 0 Å². The van der Waals surface area contributed by atoms with Crippen LogP contribution in [0.1, 0.15) is 26.7 Å². The summed E-state index contributed by atoms with van der Waals surface area (Å²) in [6.07, 6.45) is 1.81. The first-order valence-corrected chi connectivity index (χ1v) is 6.29. The first kappa shape index (κ1) is 12.8. The number of hydrogen-bond acceptors (Lipinski definition) is 4. The topological polar surface area (TPSA) is 75.8 Å². The van der Waals surface area contributed by atoms with Crippen LogP contribution in [0.5, 0.6) is 0 Å². The quantitative estimate of drug-likeness (QED) is 0.714. The van der Waals surface area contributed by atoms with Gasteiger partial charge in [-0.15, -0.1) is 0 Å². The van der Waals surface area contributed by atoms with Crippen molar-refractivity contribution in [3.05, 3.63) is 0 Å². The third-order valence-corrected chi connectivity index (χ3v) is 3.86. The molecule has 98 valence electrons. The molecule has 2 aliphatic rings. The van der Waals surface area contributed by atoms with Gasteiger partial charge in [-0.05, 0) is 32.6 Å². The molecular weight excluding hydrogens is 220 g/mol. The van der Waals surface area contributed by atoms with Gasteiger partial charge in [0.1, 0.15) is 0 Å². The van der Waals surface area contributed by atoms with Crippen LogP contribution in [0, 0.1) is 5.92 Å². The van der Waals surface area contributed by atoms with Crippen LogP contribution in [-0.2, 0) is 9.53 Å². The predicted molar refractivity (Wildman–Crippen MR) is 63.3 cm³/mol. The van der Waals surface area contributed by atoms with Crippen molar-refractivity contribution in [3.63, 3.8) is 0 Å². The van der Waals surface area contributed by atoms with E-state index in [0.29, 0.717) is 19.1 Å². The maximum atomic E-state index is 12.4. The Morgan fingerprint density at radius 1 is 1.59 bits per heavy atom. The summed E-state index contributed by atoms with van der Waals surface area (Å²) in [4.78, 5) is 14.2. The number of morpholine rings is 1. The minimum absolute atomic E-state index is 0.00532. The summed E-state index contributed by atoms with van der Waals surface area (Å²) < 4.78 is 5.42. The van der Waals surface area contributed by atoms with E-state index in [1.54, 1.807) is 4.90 Å². The van der Waals surface area contributed by atoms with Crippen LogP contribution in [0.15, 0.2) is 0 Å². The molecule has 0 aromatic rings. The summed E-state index contributed by atoms with van der Waals surface area (Å²) in [5, 5.41) is 9.11. The number of aliphatic hydroxyl groups is 1. The Hall–Kier alpha value is -0.650. The van der Waals surface area contributed by atoms with Crippen molar-refractivity contribution in [2.75, 3.05) is 19.8 Å². The molecule has 2 fully saturated rings. The Bertz CT molecular complexity index is 302. The number of hydrogen-bond donors (Lipinski definition) is 2. The van der Waals surface area contributed by atoms with Crippen molar-refractivity contribution in [2.24, 2.45) is 11.7 Å². The highest BCUT2D eigenvalue weighted by atomic mass is 16.5. The molecule has 3 N–H and O–H groups in total. The Balaban J connectivity index is 2.06. The highest BCUT2D eigenvalue weighted by Gasteiger charge is 2.47. The van der Waals surface area contributed by atoms with Crippen LogP contribution in [0.25, 0.3) is 0 Å². The molecule has 1 amide bonds. The molecule has 1 heterocycles. The zero-order valence-corrected chi connectivity index (χ0v) is 10.6. The van der Waals surface area contributed by atoms with E-state index in [2.05, 4.69) is 0 Å². The van der Waals surface area contributed by atoms with E-state index in [9.17, 15) is 4.79 Å². The van der Waals surface area contributed by atoms with E-state index in [0.717, 1.165) is 12.8 Å². The van der Waals surface area contributed by atoms with E-state index in [1.807, 2.05) is 13.8 Å². The third kappa shape index (κ3) is 2.46. The number of nitrogens with zero attached hydrogens (tertiary/aromatic N) is 1. The van der Waals surface area contributed by atoms with Crippen LogP contribution in [0.4, 0.5) is 0 Å². The van der Waals surface area contributed by atoms with Crippen LogP contribution in [0.2, 0.25) is 0 Å². The Kier molecular flexibility index (Phi) is 3.43. The van der Waals surface area contributed by atoms with Gasteiger partial charge in [0.05, 0.1) is 30.9 Å². The van der Waals surface area contributed by atoms with Gasteiger partial charge in [-0.1, -0.05) is 0 Å². The normalized spacial score (nSPS) is 33.3. The molecule has 2 rings (SSSR count). The molecular formula is C12H22N2O3. The molecule has 1 aliphatic heterocycles. The van der Waals surface area contributed by atoms with Crippen molar-refractivity contribution in [1.29, 1.82) is 0 Å². The van der Waals surface area contributed by atoms with Gasteiger partial charge < -0.3 is 20.5 Å². The van der Waals surface area contributed by atoms with Crippen LogP contribution >= 0.6 is 0 Å². The molecule has 3 unspecified atom stereocenters. The summed E-state index contributed by atoms with van der Waals surface area (Å²) in [5.41, 5.74) is 5.39. The molecule has 0 aromatic heterocycles. The molecule has 0 aromatic carbocycles. The van der Waals surface area contributed by atoms with E-state index in [-0.39, 0.29) is 24.7 Å². The molecule has 0 spiro atoms. The first-order chi connectivity index (χ1) is 7.96. The first-order valence-electron chi connectivity index (χ1n) is 6.29. The fourth-order valence-corrected chi connectivity index (χ4v) is 2.38. The maximum absolute atomic E-state index is 12.4. The molecule has 1 saturated heterocycles. The number of carbonyl (C=O) groups is 1. The standard InChI is InChI=1S/C12H22N2O3/c1-8-7-17-10(6-15)5-14(8)11(16)12(2,13)9-3-4-9/h8-10,15H,3-7,13H2,1-2H3. The predicted octanol–water partition coefficient (Wildman–Crippen LogP) is -0.278. The number of amides is 1. The van der Waals surface area contributed by atoms with Gasteiger partial charge in [0.25, 0.3) is 0 Å². The lowest BCUT2D eigenvalue weighted by molar-refractivity contribution is -0.152. The number of nitrogens with two attached hydrogens (primary N) is 1. The molecule has 1 saturated carbocycles. The smallest absolute Gasteiger partial charge is 0.243 e. The molecule has 0 bridgehead atoms. The van der Waals surface area contributed by atoms with Gasteiger partial charge in [0.15, 0.2) is 0 Å². The number of ether oxygens (including phenoxy) is 1. The summed E-state index contributed by atoms with van der Waals surface area (Å²) in [6, 6.07) is 0.0342. The van der Waals surface area contributed by atoms with Crippen molar-refractivity contribution in [2.45, 2.75) is 44.4 Å². The molecule has 1 aliphatic carbocycles. The van der Waals surface area contributed by atoms with Crippen LogP contribution in [-0.4, -0.2) is 53.4 Å². The zero-order chi connectivity index (χ0) is 12.6. The summed E-state index contributed by atoms with van der Waals surface area (Å²) >= 11 is 0. The third-order valence-electron chi connectivity index (χ3n) is 3.86. The summed E-state index contributed by atoms with van der Waals surface area (Å²) in [5.74, 6) is 0.312. The van der Waals surface area contributed by atoms with E-state index < -0.39 is 5.54 Å². The lowest BCUT2D eigenvalue weighted by Gasteiger charge is -2.41. The number of carbonyl (C=O) groups excluding carboxylic acids is 1. The van der Waals surface area contributed by atoms with E-state index in [4.69, 9.17) is 15.6 Å². The van der Waals surface area contributed by atoms with Gasteiger partial charge in [0, 0.05) is 6.54 Å². The lowest BCUT2D eigenvalue weighted by atomic mass is 9.94. The molecule has 17 heavy (non-hydrogen) atoms. The monoisotopic (exact) mass is 242 g/mol. The van der Waals surface area contributed by atoms with Crippen molar-refractivity contribution in [1.82, 2.24) is 4.90 Å². The van der Waals surface area contributed by atoms with E-state index in [1.165, 1.54) is 0 Å². The second-order valence-corrected chi connectivity index (χ2v) is 5.50. The SMILES string of the molecule is CC1COC(CO)CN1C(=O)C(C)(N)C1CC1. The number of rotatable bonds is 3. The van der Waals surface area contributed by atoms with Gasteiger partial charge in [0.2, 0.25) is 5.91 Å². The van der Waals surface area contributed by atoms with Crippen molar-refractivity contribution < 1.29 is 14.6 Å². The minimum atomic E-state index is -0.758. The Morgan fingerprint density at radius 3 is 2.76 bits per heavy atom.